The van der Waals surface area contributed by atoms with Gasteiger partial charge in [-0.05, 0) is 36.4 Å². The molecule has 5 rings (SSSR count). The van der Waals surface area contributed by atoms with Gasteiger partial charge in [-0.2, -0.15) is 13.8 Å². The van der Waals surface area contributed by atoms with E-state index < -0.39 is 30.0 Å². The summed E-state index contributed by atoms with van der Waals surface area (Å²) in [6.07, 6.45) is -3.43. The maximum atomic E-state index is 15.0. The van der Waals surface area contributed by atoms with Crippen molar-refractivity contribution in [1.82, 2.24) is 19.4 Å². The number of aliphatic hydroxyl groups is 1. The average Bonchev–Trinajstić information content (AvgIpc) is 3.50. The Kier molecular flexibility index (Phi) is 6.14. The number of hydrogen-bond donors (Lipinski definition) is 3. The van der Waals surface area contributed by atoms with E-state index in [-0.39, 0.29) is 18.4 Å². The van der Waals surface area contributed by atoms with Crippen molar-refractivity contribution in [2.45, 2.75) is 43.7 Å². The van der Waals surface area contributed by atoms with Gasteiger partial charge in [0.15, 0.2) is 5.13 Å². The molecule has 1 unspecified atom stereocenters. The fourth-order valence-corrected chi connectivity index (χ4v) is 6.21. The number of aromatic nitrogens is 3. The van der Waals surface area contributed by atoms with Crippen molar-refractivity contribution in [3.8, 4) is 0 Å². The molecule has 3 aromatic heterocycles. The van der Waals surface area contributed by atoms with Gasteiger partial charge in [-0.1, -0.05) is 0 Å². The number of alkyl halides is 2. The predicted molar refractivity (Wildman–Crippen MR) is 125 cm³/mol. The lowest BCUT2D eigenvalue weighted by atomic mass is 9.96. The van der Waals surface area contributed by atoms with Crippen molar-refractivity contribution >= 4 is 33.6 Å². The molecule has 1 fully saturated rings. The van der Waals surface area contributed by atoms with Crippen LogP contribution in [0.25, 0.3) is 0 Å². The lowest BCUT2D eigenvalue weighted by molar-refractivity contribution is -0.140. The number of thiophene rings is 1. The lowest BCUT2D eigenvalue weighted by Crippen LogP contribution is -2.46. The highest BCUT2D eigenvalue weighted by molar-refractivity contribution is 7.13. The summed E-state index contributed by atoms with van der Waals surface area (Å²) in [5.74, 6) is -3.77. The molecular formula is C21H24F2N6O3S2. The number of fused-ring (bicyclic) bond motifs is 1. The molecule has 0 radical (unpaired) electrons. The molecule has 182 valence electrons. The van der Waals surface area contributed by atoms with E-state index in [9.17, 15) is 9.90 Å². The number of aliphatic hydroxyl groups excluding tert-OH is 1. The normalized spacial score (nSPS) is 26.5. The van der Waals surface area contributed by atoms with Crippen LogP contribution in [0.2, 0.25) is 0 Å². The monoisotopic (exact) mass is 510 g/mol. The Morgan fingerprint density at radius 1 is 1.35 bits per heavy atom. The third-order valence-corrected chi connectivity index (χ3v) is 7.91. The number of nitrogens with one attached hydrogen (secondary N) is 1. The van der Waals surface area contributed by atoms with Crippen LogP contribution in [0.1, 0.15) is 35.3 Å². The summed E-state index contributed by atoms with van der Waals surface area (Å²) in [5.41, 5.74) is 6.41. The predicted octanol–water partition coefficient (Wildman–Crippen LogP) is 2.32. The fraction of sp³-hybridized carbons (Fsp3) is 0.476. The highest BCUT2D eigenvalue weighted by Crippen LogP contribution is 2.44. The van der Waals surface area contributed by atoms with Crippen molar-refractivity contribution in [2.24, 2.45) is 0 Å². The first-order valence-corrected chi connectivity index (χ1v) is 12.6. The topological polar surface area (TPSA) is 119 Å². The molecular weight excluding hydrogens is 486 g/mol. The van der Waals surface area contributed by atoms with Gasteiger partial charge in [-0.3, -0.25) is 9.47 Å². The molecule has 4 atom stereocenters. The quantitative estimate of drug-likeness (QED) is 0.462. The van der Waals surface area contributed by atoms with E-state index in [4.69, 9.17) is 15.5 Å². The van der Waals surface area contributed by atoms with Crippen LogP contribution < -0.4 is 16.7 Å². The second-order valence-corrected chi connectivity index (χ2v) is 10.1. The maximum absolute atomic E-state index is 15.0. The largest absolute Gasteiger partial charge is 0.384 e. The molecule has 0 spiro atoms. The van der Waals surface area contributed by atoms with E-state index in [0.29, 0.717) is 11.1 Å². The SMILES string of the molecule is CCNc1nc(C2c3ccsc3CCN2C[C@H]2O[C@@H](n3ccc(N)nc3=O)C(F)(F)[C@@H]2O)cs1. The van der Waals surface area contributed by atoms with E-state index >= 15 is 8.78 Å². The minimum Gasteiger partial charge on any atom is -0.384 e. The van der Waals surface area contributed by atoms with Crippen molar-refractivity contribution in [2.75, 3.05) is 30.7 Å². The van der Waals surface area contributed by atoms with Crippen molar-refractivity contribution in [3.05, 3.63) is 55.7 Å². The summed E-state index contributed by atoms with van der Waals surface area (Å²) in [7, 11) is 0. The Hall–Kier alpha value is -2.45. The Balaban J connectivity index is 1.43. The number of halogens is 2. The van der Waals surface area contributed by atoms with Gasteiger partial charge in [0.25, 0.3) is 0 Å². The zero-order valence-corrected chi connectivity index (χ0v) is 19.9. The van der Waals surface area contributed by atoms with Crippen LogP contribution >= 0.6 is 22.7 Å². The molecule has 13 heteroatoms. The number of nitrogens with two attached hydrogens (primary N) is 1. The van der Waals surface area contributed by atoms with Gasteiger partial charge < -0.3 is 20.9 Å². The molecule has 0 bridgehead atoms. The summed E-state index contributed by atoms with van der Waals surface area (Å²) in [5, 5.41) is 18.5. The number of hydrogen-bond acceptors (Lipinski definition) is 10. The number of nitrogen functional groups attached to an aromatic ring is 1. The molecule has 5 heterocycles. The van der Waals surface area contributed by atoms with Gasteiger partial charge in [0, 0.05) is 36.1 Å². The van der Waals surface area contributed by atoms with Gasteiger partial charge in [-0.15, -0.1) is 22.7 Å². The van der Waals surface area contributed by atoms with Crippen LogP contribution in [-0.2, 0) is 11.2 Å². The molecule has 2 aliphatic heterocycles. The third-order valence-electron chi connectivity index (χ3n) is 6.09. The summed E-state index contributed by atoms with van der Waals surface area (Å²) in [4.78, 5) is 23.6. The van der Waals surface area contributed by atoms with Crippen molar-refractivity contribution < 1.29 is 18.6 Å². The number of rotatable bonds is 6. The van der Waals surface area contributed by atoms with Crippen LogP contribution in [0, 0.1) is 0 Å². The standard InChI is InChI=1S/C21H24F2N6O3S2/c1-2-25-19-26-12(10-34-19)16-11-5-8-33-14(11)3-6-28(16)9-13-17(30)21(22,23)18(32-13)29-7-4-15(24)27-20(29)31/h4-5,7-8,10,13,16-18,30H,2-3,6,9H2,1H3,(H,25,26)(H2,24,27,31)/t13-,16?,17-,18-/m1/s1. The van der Waals surface area contributed by atoms with Crippen LogP contribution in [0.3, 0.4) is 0 Å². The Morgan fingerprint density at radius 3 is 2.94 bits per heavy atom. The molecule has 0 aromatic carbocycles. The number of thiazole rings is 1. The molecule has 0 amide bonds. The van der Waals surface area contributed by atoms with E-state index in [1.165, 1.54) is 22.3 Å². The fourth-order valence-electron chi connectivity index (χ4n) is 4.51. The second kappa shape index (κ2) is 8.96. The molecule has 0 saturated carbocycles. The van der Waals surface area contributed by atoms with Gasteiger partial charge in [-0.25, -0.2) is 9.78 Å². The first kappa shape index (κ1) is 23.3. The summed E-state index contributed by atoms with van der Waals surface area (Å²) < 4.78 is 36.4. The lowest BCUT2D eigenvalue weighted by Gasteiger charge is -2.36. The summed E-state index contributed by atoms with van der Waals surface area (Å²) in [6.45, 7) is 3.36. The number of nitrogens with zero attached hydrogens (tertiary/aromatic N) is 4. The number of anilines is 2. The smallest absolute Gasteiger partial charge is 0.351 e. The summed E-state index contributed by atoms with van der Waals surface area (Å²) in [6, 6.07) is 3.03. The van der Waals surface area contributed by atoms with Gasteiger partial charge >= 0.3 is 11.6 Å². The van der Waals surface area contributed by atoms with Crippen LogP contribution in [0.5, 0.6) is 0 Å². The summed E-state index contributed by atoms with van der Waals surface area (Å²) >= 11 is 3.15. The first-order valence-electron chi connectivity index (χ1n) is 10.8. The van der Waals surface area contributed by atoms with Crippen LogP contribution in [-0.4, -0.2) is 62.3 Å². The van der Waals surface area contributed by atoms with Gasteiger partial charge in [0.05, 0.1) is 11.7 Å². The Morgan fingerprint density at radius 2 is 2.18 bits per heavy atom. The van der Waals surface area contributed by atoms with Gasteiger partial charge in [0.1, 0.15) is 18.0 Å². The minimum atomic E-state index is -3.69. The third kappa shape index (κ3) is 4.01. The minimum absolute atomic E-state index is 0.0401. The average molecular weight is 511 g/mol. The Labute approximate surface area is 201 Å². The Bertz CT molecular complexity index is 1230. The van der Waals surface area contributed by atoms with E-state index in [0.717, 1.165) is 35.6 Å². The van der Waals surface area contributed by atoms with E-state index in [1.54, 1.807) is 11.3 Å². The van der Waals surface area contributed by atoms with E-state index in [2.05, 4.69) is 10.3 Å². The molecule has 4 N–H and O–H groups in total. The molecule has 34 heavy (non-hydrogen) atoms. The van der Waals surface area contributed by atoms with Crippen LogP contribution in [0.4, 0.5) is 19.7 Å². The highest BCUT2D eigenvalue weighted by atomic mass is 32.1. The maximum Gasteiger partial charge on any atom is 0.351 e. The van der Waals surface area contributed by atoms with Crippen molar-refractivity contribution in [1.29, 1.82) is 0 Å². The number of ether oxygens (including phenoxy) is 1. The van der Waals surface area contributed by atoms with E-state index in [1.807, 2.05) is 28.7 Å². The first-order chi connectivity index (χ1) is 16.3. The van der Waals surface area contributed by atoms with Gasteiger partial charge in [0.2, 0.25) is 6.23 Å². The van der Waals surface area contributed by atoms with Crippen LogP contribution in [0.15, 0.2) is 33.9 Å². The molecule has 1 saturated heterocycles. The zero-order valence-electron chi connectivity index (χ0n) is 18.2. The molecule has 3 aromatic rings. The molecule has 9 nitrogen and oxygen atoms in total. The highest BCUT2D eigenvalue weighted by Gasteiger charge is 2.60. The van der Waals surface area contributed by atoms with Crippen molar-refractivity contribution in [3.63, 3.8) is 0 Å². The zero-order chi connectivity index (χ0) is 24.0. The molecule has 0 aliphatic carbocycles. The second-order valence-electron chi connectivity index (χ2n) is 8.24. The molecule has 2 aliphatic rings.